The number of nitrogens with one attached hydrogen (secondary N) is 3. The van der Waals surface area contributed by atoms with Crippen molar-refractivity contribution in [1.82, 2.24) is 20.9 Å². The molecular weight excluding hydrogens is 352 g/mol. The highest BCUT2D eigenvalue weighted by atomic mass is 16.2. The minimum absolute atomic E-state index is 0.0400. The maximum Gasteiger partial charge on any atom is 0.227 e. The highest BCUT2D eigenvalue weighted by Crippen LogP contribution is 2.42. The maximum absolute atomic E-state index is 13.3. The summed E-state index contributed by atoms with van der Waals surface area (Å²) in [6.45, 7) is 2.08. The van der Waals surface area contributed by atoms with Gasteiger partial charge in [0, 0.05) is 38.2 Å². The molecule has 4 aliphatic rings. The molecular formula is C22H24N4O2. The Kier molecular flexibility index (Phi) is 3.50. The van der Waals surface area contributed by atoms with Gasteiger partial charge >= 0.3 is 0 Å². The molecule has 0 radical (unpaired) electrons. The SMILES string of the molecule is CNC(=O)C1CC2=C(NC(C)N2C)C2=C1C(=O)CC1(C=c3ccccc3=C1)N2. The third-order valence-electron chi connectivity index (χ3n) is 6.41. The minimum atomic E-state index is -0.547. The Labute approximate surface area is 163 Å². The van der Waals surface area contributed by atoms with Crippen molar-refractivity contribution in [2.75, 3.05) is 14.1 Å². The molecule has 6 nitrogen and oxygen atoms in total. The molecule has 5 rings (SSSR count). The van der Waals surface area contributed by atoms with E-state index in [0.717, 1.165) is 27.5 Å². The molecule has 0 bridgehead atoms. The van der Waals surface area contributed by atoms with Crippen molar-refractivity contribution < 1.29 is 9.59 Å². The molecule has 1 aromatic carbocycles. The predicted octanol–water partition coefficient (Wildman–Crippen LogP) is -0.325. The minimum Gasteiger partial charge on any atom is -0.370 e. The molecule has 28 heavy (non-hydrogen) atoms. The van der Waals surface area contributed by atoms with E-state index in [1.165, 1.54) is 0 Å². The first kappa shape index (κ1) is 17.1. The summed E-state index contributed by atoms with van der Waals surface area (Å²) in [5, 5.41) is 12.2. The third kappa shape index (κ3) is 2.27. The summed E-state index contributed by atoms with van der Waals surface area (Å²) in [4.78, 5) is 28.1. The zero-order valence-corrected chi connectivity index (χ0v) is 16.3. The molecule has 1 aromatic rings. The van der Waals surface area contributed by atoms with Gasteiger partial charge in [-0.05, 0) is 29.5 Å². The molecule has 2 aliphatic carbocycles. The smallest absolute Gasteiger partial charge is 0.227 e. The van der Waals surface area contributed by atoms with Gasteiger partial charge in [-0.3, -0.25) is 9.59 Å². The Morgan fingerprint density at radius 1 is 1.21 bits per heavy atom. The van der Waals surface area contributed by atoms with Crippen LogP contribution < -0.4 is 26.4 Å². The Bertz CT molecular complexity index is 1060. The van der Waals surface area contributed by atoms with E-state index in [4.69, 9.17) is 0 Å². The van der Waals surface area contributed by atoms with Gasteiger partial charge in [-0.2, -0.15) is 0 Å². The third-order valence-corrected chi connectivity index (χ3v) is 6.41. The summed E-state index contributed by atoms with van der Waals surface area (Å²) in [6, 6.07) is 8.16. The average Bonchev–Trinajstić information content (AvgIpc) is 3.17. The lowest BCUT2D eigenvalue weighted by molar-refractivity contribution is -0.126. The second-order valence-corrected chi connectivity index (χ2v) is 8.10. The fourth-order valence-corrected chi connectivity index (χ4v) is 4.91. The number of fused-ring (bicyclic) bond motifs is 2. The van der Waals surface area contributed by atoms with Crippen LogP contribution in [0.2, 0.25) is 0 Å². The van der Waals surface area contributed by atoms with Gasteiger partial charge in [0.15, 0.2) is 5.78 Å². The molecule has 2 unspecified atom stereocenters. The normalized spacial score (nSPS) is 26.7. The van der Waals surface area contributed by atoms with Crippen molar-refractivity contribution >= 4 is 23.8 Å². The van der Waals surface area contributed by atoms with Crippen LogP contribution in [-0.2, 0) is 9.59 Å². The lowest BCUT2D eigenvalue weighted by Gasteiger charge is -2.39. The van der Waals surface area contributed by atoms with Crippen LogP contribution in [0, 0.1) is 5.92 Å². The van der Waals surface area contributed by atoms with Gasteiger partial charge < -0.3 is 20.9 Å². The van der Waals surface area contributed by atoms with E-state index in [0.29, 0.717) is 18.4 Å². The van der Waals surface area contributed by atoms with Crippen molar-refractivity contribution in [2.24, 2.45) is 5.92 Å². The number of benzene rings is 1. The number of hydrogen-bond donors (Lipinski definition) is 3. The van der Waals surface area contributed by atoms with Gasteiger partial charge in [0.1, 0.15) is 0 Å². The van der Waals surface area contributed by atoms with Crippen LogP contribution in [0.5, 0.6) is 0 Å². The quantitative estimate of drug-likeness (QED) is 0.626. The summed E-state index contributed by atoms with van der Waals surface area (Å²) in [6.07, 6.45) is 5.24. The van der Waals surface area contributed by atoms with Crippen molar-refractivity contribution in [1.29, 1.82) is 0 Å². The number of carbonyl (C=O) groups is 2. The summed E-state index contributed by atoms with van der Waals surface area (Å²) in [5.41, 5.74) is 2.87. The predicted molar refractivity (Wildman–Crippen MR) is 107 cm³/mol. The molecule has 0 aromatic heterocycles. The zero-order chi connectivity index (χ0) is 19.6. The van der Waals surface area contributed by atoms with Crippen molar-refractivity contribution in [3.63, 3.8) is 0 Å². The molecule has 2 atom stereocenters. The Morgan fingerprint density at radius 3 is 2.54 bits per heavy atom. The van der Waals surface area contributed by atoms with Gasteiger partial charge in [0.05, 0.1) is 29.0 Å². The van der Waals surface area contributed by atoms with Crippen molar-refractivity contribution in [3.05, 3.63) is 57.4 Å². The van der Waals surface area contributed by atoms with Crippen LogP contribution >= 0.6 is 0 Å². The molecule has 144 valence electrons. The van der Waals surface area contributed by atoms with Gasteiger partial charge in [0.2, 0.25) is 5.91 Å². The maximum atomic E-state index is 13.3. The number of Topliss-reactive ketones (excluding diaryl/α,β-unsaturated/α-hetero) is 1. The molecule has 2 heterocycles. The highest BCUT2D eigenvalue weighted by molar-refractivity contribution is 6.06. The topological polar surface area (TPSA) is 73.5 Å². The van der Waals surface area contributed by atoms with Crippen LogP contribution in [0.1, 0.15) is 19.8 Å². The number of hydrogen-bond acceptors (Lipinski definition) is 5. The lowest BCUT2D eigenvalue weighted by atomic mass is 9.76. The second-order valence-electron chi connectivity index (χ2n) is 8.10. The van der Waals surface area contributed by atoms with E-state index in [2.05, 4.69) is 52.1 Å². The van der Waals surface area contributed by atoms with Gasteiger partial charge in [-0.1, -0.05) is 24.3 Å². The van der Waals surface area contributed by atoms with Crippen LogP contribution in [0.25, 0.3) is 12.2 Å². The van der Waals surface area contributed by atoms with Gasteiger partial charge in [-0.25, -0.2) is 0 Å². The number of nitrogens with zero attached hydrogens (tertiary/aromatic N) is 1. The fraction of sp³-hybridized carbons (Fsp3) is 0.364. The summed E-state index contributed by atoms with van der Waals surface area (Å²) >= 11 is 0. The summed E-state index contributed by atoms with van der Waals surface area (Å²) in [7, 11) is 3.65. The molecule has 0 fully saturated rings. The van der Waals surface area contributed by atoms with Crippen LogP contribution in [-0.4, -0.2) is 42.4 Å². The lowest BCUT2D eigenvalue weighted by Crippen LogP contribution is -2.51. The van der Waals surface area contributed by atoms with Crippen LogP contribution in [0.4, 0.5) is 0 Å². The molecule has 1 spiro atoms. The Hall–Kier alpha value is -3.02. The standard InChI is InChI=1S/C22H24N4O2/c1-12-24-19-16(26(12)3)8-15(21(28)23-2)18-17(27)11-22(25-20(18)19)9-13-6-4-5-7-14(13)10-22/h4-7,9-10,12,15,24-25H,8,11H2,1-3H3,(H,23,28). The first-order valence-electron chi connectivity index (χ1n) is 9.73. The van der Waals surface area contributed by atoms with Gasteiger partial charge in [0.25, 0.3) is 0 Å². The molecule has 0 saturated carbocycles. The van der Waals surface area contributed by atoms with Crippen LogP contribution in [0.15, 0.2) is 46.9 Å². The first-order chi connectivity index (χ1) is 13.4. The Balaban J connectivity index is 1.67. The van der Waals surface area contributed by atoms with E-state index < -0.39 is 11.5 Å². The number of rotatable bonds is 1. The molecule has 3 N–H and O–H groups in total. The molecule has 2 aliphatic heterocycles. The van der Waals surface area contributed by atoms with E-state index in [9.17, 15) is 9.59 Å². The fourth-order valence-electron chi connectivity index (χ4n) is 4.91. The van der Waals surface area contributed by atoms with E-state index in [-0.39, 0.29) is 17.9 Å². The molecule has 6 heteroatoms. The number of ketones is 1. The van der Waals surface area contributed by atoms with E-state index in [1.54, 1.807) is 7.05 Å². The monoisotopic (exact) mass is 376 g/mol. The first-order valence-corrected chi connectivity index (χ1v) is 9.73. The van der Waals surface area contributed by atoms with Crippen molar-refractivity contribution in [3.8, 4) is 0 Å². The number of carbonyl (C=O) groups excluding carboxylic acids is 2. The van der Waals surface area contributed by atoms with Crippen LogP contribution in [0.3, 0.4) is 0 Å². The second kappa shape index (κ2) is 5.74. The largest absolute Gasteiger partial charge is 0.370 e. The van der Waals surface area contributed by atoms with E-state index >= 15 is 0 Å². The number of amides is 1. The zero-order valence-electron chi connectivity index (χ0n) is 16.3. The summed E-state index contributed by atoms with van der Waals surface area (Å²) < 4.78 is 0. The molecule has 1 amide bonds. The Morgan fingerprint density at radius 2 is 1.89 bits per heavy atom. The highest BCUT2D eigenvalue weighted by Gasteiger charge is 2.47. The average molecular weight is 376 g/mol. The number of allylic oxidation sites excluding steroid dienone is 1. The summed E-state index contributed by atoms with van der Waals surface area (Å²) in [5.74, 6) is -0.534. The molecule has 0 saturated heterocycles. The van der Waals surface area contributed by atoms with Gasteiger partial charge in [-0.15, -0.1) is 0 Å². The van der Waals surface area contributed by atoms with E-state index in [1.807, 2.05) is 19.2 Å². The van der Waals surface area contributed by atoms with Crippen molar-refractivity contribution in [2.45, 2.75) is 31.5 Å².